The zero-order valence-corrected chi connectivity index (χ0v) is 28.7. The van der Waals surface area contributed by atoms with E-state index in [0.717, 1.165) is 21.9 Å². The van der Waals surface area contributed by atoms with Crippen LogP contribution in [0.2, 0.25) is 0 Å². The summed E-state index contributed by atoms with van der Waals surface area (Å²) >= 11 is 0. The largest absolute Gasteiger partial charge is 0.455 e. The van der Waals surface area contributed by atoms with Crippen LogP contribution in [-0.4, -0.2) is 0 Å². The lowest BCUT2D eigenvalue weighted by Gasteiger charge is -2.13. The summed E-state index contributed by atoms with van der Waals surface area (Å²) in [6.07, 6.45) is 0. The molecule has 53 heavy (non-hydrogen) atoms. The van der Waals surface area contributed by atoms with Crippen molar-refractivity contribution in [2.24, 2.45) is 0 Å². The first-order chi connectivity index (χ1) is 26.3. The van der Waals surface area contributed by atoms with Gasteiger partial charge in [0.05, 0.1) is 0 Å². The van der Waals surface area contributed by atoms with E-state index in [1.807, 2.05) is 0 Å². The van der Waals surface area contributed by atoms with Crippen molar-refractivity contribution < 1.29 is 4.42 Å². The standard InChI is InChI=1S/C52H30O/c1-2-11-35-27-36(22-21-31(35)9-1)32-17-19-33(20-18-32)37-24-25-42-45(28-37)39-13-5-6-14-40(39)46-29-48-49(30-47(42)46)53-52-44-16-8-7-15-41(44)43-26-23-34-10-3-4-12-38(34)50(43)51(48)52/h1-30H. The van der Waals surface area contributed by atoms with Gasteiger partial charge >= 0.3 is 0 Å². The fourth-order valence-electron chi connectivity index (χ4n) is 9.07. The van der Waals surface area contributed by atoms with Gasteiger partial charge in [-0.15, -0.1) is 0 Å². The van der Waals surface area contributed by atoms with Crippen molar-refractivity contribution in [2.75, 3.05) is 0 Å². The van der Waals surface area contributed by atoms with Crippen LogP contribution in [0, 0.1) is 0 Å². The van der Waals surface area contributed by atoms with E-state index in [2.05, 4.69) is 182 Å². The van der Waals surface area contributed by atoms with Crippen LogP contribution in [0.1, 0.15) is 0 Å². The number of furan rings is 1. The maximum Gasteiger partial charge on any atom is 0.143 e. The van der Waals surface area contributed by atoms with Crippen LogP contribution in [0.5, 0.6) is 0 Å². The number of hydrogen-bond donors (Lipinski definition) is 0. The minimum atomic E-state index is 0.919. The Bertz CT molecular complexity index is 3490. The van der Waals surface area contributed by atoms with Crippen LogP contribution in [0.4, 0.5) is 0 Å². The topological polar surface area (TPSA) is 13.1 Å². The molecule has 0 radical (unpaired) electrons. The van der Waals surface area contributed by atoms with Gasteiger partial charge in [-0.2, -0.15) is 0 Å². The monoisotopic (exact) mass is 670 g/mol. The maximum absolute atomic E-state index is 6.96. The van der Waals surface area contributed by atoms with Crippen LogP contribution >= 0.6 is 0 Å². The molecule has 1 nitrogen and oxygen atoms in total. The molecule has 0 N–H and O–H groups in total. The van der Waals surface area contributed by atoms with Crippen molar-refractivity contribution in [2.45, 2.75) is 0 Å². The smallest absolute Gasteiger partial charge is 0.143 e. The van der Waals surface area contributed by atoms with Gasteiger partial charge in [-0.3, -0.25) is 0 Å². The molecule has 0 spiro atoms. The summed E-state index contributed by atoms with van der Waals surface area (Å²) in [4.78, 5) is 0. The number of fused-ring (bicyclic) bond motifs is 17. The molecule has 0 amide bonds. The minimum Gasteiger partial charge on any atom is -0.455 e. The molecule has 1 heteroatoms. The van der Waals surface area contributed by atoms with E-state index in [4.69, 9.17) is 4.42 Å². The zero-order valence-electron chi connectivity index (χ0n) is 28.7. The maximum atomic E-state index is 6.96. The Labute approximate surface area is 304 Å². The molecule has 0 aliphatic rings. The van der Waals surface area contributed by atoms with E-state index in [0.29, 0.717) is 0 Å². The van der Waals surface area contributed by atoms with E-state index in [-0.39, 0.29) is 0 Å². The Hall–Kier alpha value is -6.96. The number of rotatable bonds is 2. The van der Waals surface area contributed by atoms with E-state index in [1.165, 1.54) is 97.7 Å². The van der Waals surface area contributed by atoms with Crippen molar-refractivity contribution in [3.63, 3.8) is 0 Å². The average Bonchev–Trinajstić information content (AvgIpc) is 3.61. The summed E-state index contributed by atoms with van der Waals surface area (Å²) in [5.41, 5.74) is 6.75. The summed E-state index contributed by atoms with van der Waals surface area (Å²) < 4.78 is 6.96. The second-order valence-electron chi connectivity index (χ2n) is 14.4. The fraction of sp³-hybridized carbons (Fsp3) is 0. The molecule has 12 aromatic rings. The van der Waals surface area contributed by atoms with Crippen LogP contribution in [-0.2, 0) is 0 Å². The van der Waals surface area contributed by atoms with Gasteiger partial charge in [-0.25, -0.2) is 0 Å². The van der Waals surface area contributed by atoms with Gasteiger partial charge in [-0.1, -0.05) is 158 Å². The highest BCUT2D eigenvalue weighted by molar-refractivity contribution is 6.37. The van der Waals surface area contributed by atoms with Crippen molar-refractivity contribution in [3.05, 3.63) is 182 Å². The Morgan fingerprint density at radius 2 is 0.736 bits per heavy atom. The molecule has 0 aliphatic carbocycles. The fourth-order valence-corrected chi connectivity index (χ4v) is 9.07. The van der Waals surface area contributed by atoms with E-state index in [9.17, 15) is 0 Å². The predicted octanol–water partition coefficient (Wildman–Crippen LogP) is 15.0. The summed E-state index contributed by atoms with van der Waals surface area (Å²) in [5, 5.41) is 19.7. The summed E-state index contributed by atoms with van der Waals surface area (Å²) in [5.74, 6) is 0. The molecule has 244 valence electrons. The van der Waals surface area contributed by atoms with Gasteiger partial charge in [0.25, 0.3) is 0 Å². The molecule has 0 saturated heterocycles. The van der Waals surface area contributed by atoms with Gasteiger partial charge in [0.15, 0.2) is 0 Å². The highest BCUT2D eigenvalue weighted by atomic mass is 16.3. The Kier molecular flexibility index (Phi) is 5.84. The first-order valence-corrected chi connectivity index (χ1v) is 18.3. The van der Waals surface area contributed by atoms with Gasteiger partial charge < -0.3 is 4.42 Å². The first kappa shape index (κ1) is 28.7. The quantitative estimate of drug-likeness (QED) is 0.167. The Morgan fingerprint density at radius 1 is 0.245 bits per heavy atom. The van der Waals surface area contributed by atoms with E-state index < -0.39 is 0 Å². The third kappa shape index (κ3) is 4.14. The lowest BCUT2D eigenvalue weighted by atomic mass is 9.90. The molecule has 0 aliphatic heterocycles. The molecular formula is C52H30O. The zero-order chi connectivity index (χ0) is 34.6. The molecule has 0 saturated carbocycles. The summed E-state index contributed by atoms with van der Waals surface area (Å²) in [6, 6.07) is 66.7. The van der Waals surface area contributed by atoms with E-state index in [1.54, 1.807) is 0 Å². The highest BCUT2D eigenvalue weighted by Crippen LogP contribution is 2.46. The van der Waals surface area contributed by atoms with Gasteiger partial charge in [-0.05, 0) is 111 Å². The van der Waals surface area contributed by atoms with Crippen molar-refractivity contribution in [1.29, 1.82) is 0 Å². The van der Waals surface area contributed by atoms with Gasteiger partial charge in [0, 0.05) is 21.5 Å². The van der Waals surface area contributed by atoms with Crippen molar-refractivity contribution >= 4 is 97.3 Å². The Balaban J connectivity index is 1.09. The van der Waals surface area contributed by atoms with Crippen LogP contribution < -0.4 is 0 Å². The Morgan fingerprint density at radius 3 is 1.49 bits per heavy atom. The van der Waals surface area contributed by atoms with Crippen LogP contribution in [0.3, 0.4) is 0 Å². The molecule has 0 bridgehead atoms. The molecule has 0 fully saturated rings. The SMILES string of the molecule is c1ccc2cc(-c3ccc(-c4ccc5c(c4)c4ccccc4c4cc6c(cc54)oc4c5ccccc5c5ccc7ccccc7c5c64)cc3)ccc2c1. The molecule has 12 rings (SSSR count). The lowest BCUT2D eigenvalue weighted by molar-refractivity contribution is 0.673. The normalized spacial score (nSPS) is 12.2. The molecule has 0 unspecified atom stereocenters. The van der Waals surface area contributed by atoms with Gasteiger partial charge in [0.2, 0.25) is 0 Å². The molecule has 1 heterocycles. The third-order valence-electron chi connectivity index (χ3n) is 11.6. The molecular weight excluding hydrogens is 641 g/mol. The minimum absolute atomic E-state index is 0.919. The van der Waals surface area contributed by atoms with Gasteiger partial charge in [0.1, 0.15) is 11.2 Å². The molecule has 11 aromatic carbocycles. The van der Waals surface area contributed by atoms with Crippen molar-refractivity contribution in [1.82, 2.24) is 0 Å². The second kappa shape index (κ2) is 10.8. The van der Waals surface area contributed by atoms with Crippen molar-refractivity contribution in [3.8, 4) is 22.3 Å². The number of benzene rings is 11. The van der Waals surface area contributed by atoms with Crippen LogP contribution in [0.15, 0.2) is 186 Å². The summed E-state index contributed by atoms with van der Waals surface area (Å²) in [6.45, 7) is 0. The van der Waals surface area contributed by atoms with E-state index >= 15 is 0 Å². The molecule has 0 atom stereocenters. The lowest BCUT2D eigenvalue weighted by Crippen LogP contribution is -1.86. The third-order valence-corrected chi connectivity index (χ3v) is 11.6. The predicted molar refractivity (Wildman–Crippen MR) is 227 cm³/mol. The first-order valence-electron chi connectivity index (χ1n) is 18.3. The molecule has 1 aromatic heterocycles. The highest BCUT2D eigenvalue weighted by Gasteiger charge is 2.20. The summed E-state index contributed by atoms with van der Waals surface area (Å²) in [7, 11) is 0. The second-order valence-corrected chi connectivity index (χ2v) is 14.4. The average molecular weight is 671 g/mol. The number of hydrogen-bond acceptors (Lipinski definition) is 1. The van der Waals surface area contributed by atoms with Crippen LogP contribution in [0.25, 0.3) is 120 Å².